The van der Waals surface area contributed by atoms with Crippen molar-refractivity contribution < 1.29 is 4.74 Å². The van der Waals surface area contributed by atoms with Gasteiger partial charge in [0.1, 0.15) is 11.9 Å². The third-order valence-electron chi connectivity index (χ3n) is 3.81. The molecule has 1 aliphatic rings. The Balaban J connectivity index is 2.12. The molecule has 1 aliphatic heterocycles. The summed E-state index contributed by atoms with van der Waals surface area (Å²) in [7, 11) is 1.65. The first-order chi connectivity index (χ1) is 11.1. The fourth-order valence-electron chi connectivity index (χ4n) is 2.60. The summed E-state index contributed by atoms with van der Waals surface area (Å²) in [4.78, 5) is 4.67. The molecule has 1 unspecified atom stereocenters. The molecule has 4 nitrogen and oxygen atoms in total. The lowest BCUT2D eigenvalue weighted by Crippen LogP contribution is -2.39. The Bertz CT molecular complexity index is 785. The second-order valence-electron chi connectivity index (χ2n) is 5.26. The van der Waals surface area contributed by atoms with Gasteiger partial charge in [-0.15, -0.1) is 0 Å². The average Bonchev–Trinajstić information content (AvgIpc) is 2.58. The number of hydrogen-bond acceptors (Lipinski definition) is 4. The second-order valence-corrected chi connectivity index (χ2v) is 5.67. The molecular weight excluding hydrogens is 310 g/mol. The summed E-state index contributed by atoms with van der Waals surface area (Å²) in [5.41, 5.74) is 3.47. The molecule has 0 aromatic heterocycles. The van der Waals surface area contributed by atoms with Gasteiger partial charge < -0.3 is 4.74 Å². The highest BCUT2D eigenvalue weighted by Crippen LogP contribution is 2.31. The Hall–Kier alpha value is -2.30. The lowest BCUT2D eigenvalue weighted by Gasteiger charge is -2.31. The van der Waals surface area contributed by atoms with Crippen molar-refractivity contribution in [1.82, 2.24) is 5.01 Å². The number of allylic oxidation sites excluding steroid dienone is 1. The molecule has 5 heteroatoms. The van der Waals surface area contributed by atoms with E-state index < -0.39 is 0 Å². The van der Waals surface area contributed by atoms with Gasteiger partial charge >= 0.3 is 0 Å². The maximum Gasteiger partial charge on any atom is 0.133 e. The Morgan fingerprint density at radius 1 is 1.09 bits per heavy atom. The minimum atomic E-state index is -0.203. The van der Waals surface area contributed by atoms with Gasteiger partial charge in [0, 0.05) is 16.1 Å². The molecule has 2 aromatic rings. The first kappa shape index (κ1) is 15.6. The van der Waals surface area contributed by atoms with Gasteiger partial charge in [0.15, 0.2) is 0 Å². The van der Waals surface area contributed by atoms with E-state index in [2.05, 4.69) is 4.99 Å². The summed E-state index contributed by atoms with van der Waals surface area (Å²) in [6.45, 7) is 1.94. The van der Waals surface area contributed by atoms with Crippen LogP contribution in [0.4, 0.5) is 0 Å². The van der Waals surface area contributed by atoms with Gasteiger partial charge in [0.25, 0.3) is 0 Å². The van der Waals surface area contributed by atoms with Crippen LogP contribution < -0.4 is 10.6 Å². The summed E-state index contributed by atoms with van der Waals surface area (Å²) in [5, 5.41) is 2.28. The molecular formula is C18H18ClN3O. The Labute approximate surface area is 140 Å². The maximum absolute atomic E-state index is 6.34. The van der Waals surface area contributed by atoms with Crippen LogP contribution in [-0.4, -0.2) is 24.0 Å². The number of para-hydroxylation sites is 1. The molecule has 0 spiro atoms. The lowest BCUT2D eigenvalue weighted by atomic mass is 10.0. The van der Waals surface area contributed by atoms with Crippen molar-refractivity contribution in [3.05, 3.63) is 70.8 Å². The number of aliphatic imine (C=N–C) groups is 1. The number of methoxy groups -OCH3 is 1. The fraction of sp³-hybridized carbons (Fsp3) is 0.167. The summed E-state index contributed by atoms with van der Waals surface area (Å²) in [6.07, 6.45) is 1.74. The highest BCUT2D eigenvalue weighted by atomic mass is 35.5. The smallest absolute Gasteiger partial charge is 0.133 e. The first-order valence-corrected chi connectivity index (χ1v) is 7.71. The van der Waals surface area contributed by atoms with Crippen LogP contribution in [0.15, 0.2) is 59.6 Å². The molecule has 0 saturated carbocycles. The molecule has 0 amide bonds. The molecule has 0 aliphatic carbocycles. The van der Waals surface area contributed by atoms with E-state index in [1.807, 2.05) is 61.5 Å². The number of benzene rings is 2. The zero-order valence-electron chi connectivity index (χ0n) is 13.0. The van der Waals surface area contributed by atoms with E-state index in [-0.39, 0.29) is 6.17 Å². The van der Waals surface area contributed by atoms with Crippen molar-refractivity contribution in [2.24, 2.45) is 10.8 Å². The third-order valence-corrected chi connectivity index (χ3v) is 4.14. The number of nitrogens with zero attached hydrogens (tertiary/aromatic N) is 2. The summed E-state index contributed by atoms with van der Waals surface area (Å²) < 4.78 is 5.44. The quantitative estimate of drug-likeness (QED) is 0.874. The maximum atomic E-state index is 6.34. The van der Waals surface area contributed by atoms with Gasteiger partial charge in [-0.05, 0) is 31.2 Å². The number of hydrogen-bond donors (Lipinski definition) is 1. The Morgan fingerprint density at radius 3 is 2.43 bits per heavy atom. The average molecular weight is 328 g/mol. The van der Waals surface area contributed by atoms with Crippen LogP contribution in [-0.2, 0) is 0 Å². The van der Waals surface area contributed by atoms with E-state index in [0.717, 1.165) is 28.3 Å². The van der Waals surface area contributed by atoms with Crippen molar-refractivity contribution in [2.75, 3.05) is 7.11 Å². The number of halogens is 1. The lowest BCUT2D eigenvalue weighted by molar-refractivity contribution is 0.328. The predicted molar refractivity (Wildman–Crippen MR) is 94.4 cm³/mol. The van der Waals surface area contributed by atoms with E-state index in [1.165, 1.54) is 0 Å². The van der Waals surface area contributed by atoms with E-state index in [1.54, 1.807) is 12.1 Å². The first-order valence-electron chi connectivity index (χ1n) is 7.33. The third kappa shape index (κ3) is 2.96. The van der Waals surface area contributed by atoms with Crippen LogP contribution >= 0.6 is 11.6 Å². The second kappa shape index (κ2) is 6.44. The molecule has 2 N–H and O–H groups in total. The summed E-state index contributed by atoms with van der Waals surface area (Å²) in [5.74, 6) is 6.98. The van der Waals surface area contributed by atoms with Crippen LogP contribution in [0.25, 0.3) is 5.70 Å². The molecule has 0 bridgehead atoms. The molecule has 1 atom stereocenters. The summed E-state index contributed by atoms with van der Waals surface area (Å²) in [6, 6.07) is 15.4. The number of rotatable bonds is 3. The van der Waals surface area contributed by atoms with Crippen molar-refractivity contribution >= 4 is 23.0 Å². The number of nitrogens with two attached hydrogens (primary N) is 1. The summed E-state index contributed by atoms with van der Waals surface area (Å²) >= 11 is 6.34. The molecule has 0 radical (unpaired) electrons. The molecule has 1 heterocycles. The normalized spacial score (nSPS) is 17.6. The Morgan fingerprint density at radius 2 is 1.74 bits per heavy atom. The SMILES string of the molecule is COc1ccccc1C1=NC(C)N(N)C(c2ccccc2Cl)=C1. The standard InChI is InChI=1S/C18H18ClN3O/c1-12-21-16(14-8-4-6-10-18(14)23-2)11-17(22(12)20)13-7-3-5-9-15(13)19/h3-12H,20H2,1-2H3. The molecule has 0 saturated heterocycles. The molecule has 2 aromatic carbocycles. The van der Waals surface area contributed by atoms with Gasteiger partial charge in [0.05, 0.1) is 18.5 Å². The number of hydrazine groups is 1. The van der Waals surface area contributed by atoms with Crippen LogP contribution in [0, 0.1) is 0 Å². The van der Waals surface area contributed by atoms with Crippen molar-refractivity contribution in [2.45, 2.75) is 13.1 Å². The van der Waals surface area contributed by atoms with Crippen LogP contribution in [0.3, 0.4) is 0 Å². The highest BCUT2D eigenvalue weighted by Gasteiger charge is 2.23. The van der Waals surface area contributed by atoms with Gasteiger partial charge in [-0.25, -0.2) is 5.84 Å². The minimum Gasteiger partial charge on any atom is -0.496 e. The minimum absolute atomic E-state index is 0.203. The molecule has 118 valence electrons. The van der Waals surface area contributed by atoms with Crippen LogP contribution in [0.1, 0.15) is 18.1 Å². The van der Waals surface area contributed by atoms with Crippen LogP contribution in [0.5, 0.6) is 5.75 Å². The zero-order chi connectivity index (χ0) is 16.4. The van der Waals surface area contributed by atoms with Gasteiger partial charge in [-0.1, -0.05) is 41.9 Å². The Kier molecular flexibility index (Phi) is 4.37. The largest absolute Gasteiger partial charge is 0.496 e. The van der Waals surface area contributed by atoms with Crippen LogP contribution in [0.2, 0.25) is 5.02 Å². The topological polar surface area (TPSA) is 50.8 Å². The zero-order valence-corrected chi connectivity index (χ0v) is 13.8. The fourth-order valence-corrected chi connectivity index (χ4v) is 2.83. The van der Waals surface area contributed by atoms with Crippen molar-refractivity contribution in [3.63, 3.8) is 0 Å². The molecule has 3 rings (SSSR count). The van der Waals surface area contributed by atoms with E-state index in [9.17, 15) is 0 Å². The van der Waals surface area contributed by atoms with E-state index in [0.29, 0.717) is 5.02 Å². The van der Waals surface area contributed by atoms with E-state index in [4.69, 9.17) is 22.2 Å². The molecule has 23 heavy (non-hydrogen) atoms. The van der Waals surface area contributed by atoms with Gasteiger partial charge in [0.2, 0.25) is 0 Å². The monoisotopic (exact) mass is 327 g/mol. The molecule has 0 fully saturated rings. The van der Waals surface area contributed by atoms with Gasteiger partial charge in [-0.2, -0.15) is 0 Å². The highest BCUT2D eigenvalue weighted by molar-refractivity contribution is 6.32. The predicted octanol–water partition coefficient (Wildman–Crippen LogP) is 3.71. The van der Waals surface area contributed by atoms with Crippen molar-refractivity contribution in [1.29, 1.82) is 0 Å². The van der Waals surface area contributed by atoms with Crippen molar-refractivity contribution in [3.8, 4) is 5.75 Å². The van der Waals surface area contributed by atoms with E-state index >= 15 is 0 Å². The van der Waals surface area contributed by atoms with Gasteiger partial charge in [-0.3, -0.25) is 10.0 Å². The number of ether oxygens (including phenoxy) is 1.